The standard InChI is InChI=1S/C29H32N6O.C2H6O/c1-3-4-16-31-28-27-26(33-29(30)34-28)23-12-8-9-13-24(23)35(27)19-21-17-20(14-15-25(21)36-2)18-32-22-10-6-5-7-11-22;1-2-3/h5-15,17,32H,3-4,16,18-19H2,1-2H3,(H3,30,31,33,34);3H,2H2,1H3. The topological polar surface area (TPSA) is 110 Å². The Balaban J connectivity index is 0.00000112. The van der Waals surface area contributed by atoms with Crippen LogP contribution in [-0.4, -0.2) is 39.9 Å². The first-order valence-corrected chi connectivity index (χ1v) is 13.4. The number of aromatic nitrogens is 3. The number of aliphatic hydroxyl groups excluding tert-OH is 1. The Kier molecular flexibility index (Phi) is 9.58. The van der Waals surface area contributed by atoms with E-state index in [1.807, 2.05) is 30.3 Å². The number of fused-ring (bicyclic) bond motifs is 3. The molecule has 8 heteroatoms. The molecular weight excluding hydrogens is 488 g/mol. The number of nitrogens with two attached hydrogens (primary N) is 1. The molecule has 2 aromatic heterocycles. The molecule has 0 aliphatic heterocycles. The van der Waals surface area contributed by atoms with Crippen molar-refractivity contribution in [2.24, 2.45) is 0 Å². The number of nitrogens with zero attached hydrogens (tertiary/aromatic N) is 3. The van der Waals surface area contributed by atoms with E-state index >= 15 is 0 Å². The predicted octanol–water partition coefficient (Wildman–Crippen LogP) is 6.05. The summed E-state index contributed by atoms with van der Waals surface area (Å²) >= 11 is 0. The zero-order valence-corrected chi connectivity index (χ0v) is 22.9. The number of hydrogen-bond acceptors (Lipinski definition) is 7. The van der Waals surface area contributed by atoms with E-state index < -0.39 is 0 Å². The lowest BCUT2D eigenvalue weighted by Crippen LogP contribution is -2.10. The van der Waals surface area contributed by atoms with E-state index in [1.54, 1.807) is 14.0 Å². The molecule has 0 bridgehead atoms. The first kappa shape index (κ1) is 27.7. The molecule has 0 saturated carbocycles. The highest BCUT2D eigenvalue weighted by Gasteiger charge is 2.19. The number of aliphatic hydroxyl groups is 1. The Morgan fingerprint density at radius 1 is 0.949 bits per heavy atom. The van der Waals surface area contributed by atoms with Crippen LogP contribution in [0.4, 0.5) is 17.5 Å². The van der Waals surface area contributed by atoms with E-state index in [2.05, 4.69) is 74.6 Å². The second-order valence-corrected chi connectivity index (χ2v) is 9.19. The van der Waals surface area contributed by atoms with Crippen LogP contribution in [0.15, 0.2) is 72.8 Å². The summed E-state index contributed by atoms with van der Waals surface area (Å²) in [5.41, 5.74) is 12.4. The van der Waals surface area contributed by atoms with E-state index in [-0.39, 0.29) is 12.6 Å². The number of nitrogen functional groups attached to an aromatic ring is 1. The molecule has 0 saturated heterocycles. The first-order valence-electron chi connectivity index (χ1n) is 13.4. The lowest BCUT2D eigenvalue weighted by Gasteiger charge is -2.15. The number of benzene rings is 3. The molecule has 5 rings (SSSR count). The molecule has 5 N–H and O–H groups in total. The Bertz CT molecular complexity index is 1500. The van der Waals surface area contributed by atoms with Crippen LogP contribution >= 0.6 is 0 Å². The fraction of sp³-hybridized carbons (Fsp3) is 0.290. The van der Waals surface area contributed by atoms with Crippen molar-refractivity contribution in [3.8, 4) is 5.75 Å². The van der Waals surface area contributed by atoms with Crippen molar-refractivity contribution in [1.82, 2.24) is 14.5 Å². The molecule has 39 heavy (non-hydrogen) atoms. The molecule has 0 aliphatic carbocycles. The van der Waals surface area contributed by atoms with Gasteiger partial charge in [-0.1, -0.05) is 55.8 Å². The largest absolute Gasteiger partial charge is 0.496 e. The zero-order valence-electron chi connectivity index (χ0n) is 22.9. The van der Waals surface area contributed by atoms with Crippen LogP contribution in [0, 0.1) is 0 Å². The van der Waals surface area contributed by atoms with Crippen LogP contribution in [0.5, 0.6) is 5.75 Å². The van der Waals surface area contributed by atoms with Gasteiger partial charge in [0.1, 0.15) is 16.8 Å². The summed E-state index contributed by atoms with van der Waals surface area (Å²) in [5.74, 6) is 1.89. The van der Waals surface area contributed by atoms with Gasteiger partial charge in [0.2, 0.25) is 5.95 Å². The molecule has 0 spiro atoms. The number of anilines is 3. The van der Waals surface area contributed by atoms with Crippen LogP contribution in [-0.2, 0) is 13.1 Å². The number of nitrogens with one attached hydrogen (secondary N) is 2. The van der Waals surface area contributed by atoms with Gasteiger partial charge in [0, 0.05) is 36.3 Å². The quantitative estimate of drug-likeness (QED) is 0.164. The second kappa shape index (κ2) is 13.5. The molecule has 2 heterocycles. The number of methoxy groups -OCH3 is 1. The molecule has 5 aromatic rings. The van der Waals surface area contributed by atoms with E-state index in [4.69, 9.17) is 15.6 Å². The molecular formula is C31H38N6O2. The SMILES string of the molecule is CCCCNc1nc(N)nc2c3ccccc3n(Cc3cc(CNc4ccccc4)ccc3OC)c12.CCO. The summed E-state index contributed by atoms with van der Waals surface area (Å²) in [4.78, 5) is 9.23. The van der Waals surface area contributed by atoms with Crippen LogP contribution in [0.3, 0.4) is 0 Å². The molecule has 0 amide bonds. The van der Waals surface area contributed by atoms with Gasteiger partial charge in [-0.2, -0.15) is 4.98 Å². The van der Waals surface area contributed by atoms with Crippen LogP contribution in [0.1, 0.15) is 37.8 Å². The number of para-hydroxylation sites is 2. The second-order valence-electron chi connectivity index (χ2n) is 9.19. The maximum atomic E-state index is 7.57. The summed E-state index contributed by atoms with van der Waals surface area (Å²) in [6.07, 6.45) is 2.15. The Hall–Kier alpha value is -4.30. The van der Waals surface area contributed by atoms with Crippen LogP contribution in [0.25, 0.3) is 21.9 Å². The maximum Gasteiger partial charge on any atom is 0.222 e. The summed E-state index contributed by atoms with van der Waals surface area (Å²) < 4.78 is 8.03. The van der Waals surface area contributed by atoms with Gasteiger partial charge in [0.25, 0.3) is 0 Å². The molecule has 0 unspecified atom stereocenters. The average Bonchev–Trinajstić information content (AvgIpc) is 3.26. The van der Waals surface area contributed by atoms with Gasteiger partial charge in [0.05, 0.1) is 19.2 Å². The maximum absolute atomic E-state index is 7.57. The minimum atomic E-state index is 0.250. The van der Waals surface area contributed by atoms with E-state index in [0.717, 1.165) is 70.7 Å². The highest BCUT2D eigenvalue weighted by molar-refractivity contribution is 6.09. The van der Waals surface area contributed by atoms with E-state index in [0.29, 0.717) is 6.54 Å². The smallest absolute Gasteiger partial charge is 0.222 e. The third kappa shape index (κ3) is 6.59. The van der Waals surface area contributed by atoms with Crippen molar-refractivity contribution >= 4 is 39.4 Å². The molecule has 8 nitrogen and oxygen atoms in total. The number of ether oxygens (including phenoxy) is 1. The Labute approximate surface area is 229 Å². The summed E-state index contributed by atoms with van der Waals surface area (Å²) in [5, 5.41) is 15.6. The number of hydrogen-bond donors (Lipinski definition) is 4. The summed E-state index contributed by atoms with van der Waals surface area (Å²) in [6.45, 7) is 6.27. The van der Waals surface area contributed by atoms with Gasteiger partial charge in [-0.15, -0.1) is 0 Å². The van der Waals surface area contributed by atoms with Gasteiger partial charge in [-0.05, 0) is 49.2 Å². The van der Waals surface area contributed by atoms with Crippen molar-refractivity contribution in [2.75, 3.05) is 36.6 Å². The van der Waals surface area contributed by atoms with Crippen molar-refractivity contribution in [3.05, 3.63) is 83.9 Å². The fourth-order valence-electron chi connectivity index (χ4n) is 4.61. The van der Waals surface area contributed by atoms with Gasteiger partial charge < -0.3 is 30.8 Å². The summed E-state index contributed by atoms with van der Waals surface area (Å²) in [7, 11) is 1.72. The molecule has 204 valence electrons. The number of unbranched alkanes of at least 4 members (excludes halogenated alkanes) is 1. The van der Waals surface area contributed by atoms with Crippen LogP contribution < -0.4 is 21.1 Å². The minimum absolute atomic E-state index is 0.250. The third-order valence-corrected chi connectivity index (χ3v) is 6.39. The van der Waals surface area contributed by atoms with Crippen LogP contribution in [0.2, 0.25) is 0 Å². The molecule has 0 fully saturated rings. The lowest BCUT2D eigenvalue weighted by molar-refractivity contribution is 0.318. The highest BCUT2D eigenvalue weighted by Crippen LogP contribution is 2.34. The summed E-state index contributed by atoms with van der Waals surface area (Å²) in [6, 6.07) is 24.9. The molecule has 0 aliphatic rings. The van der Waals surface area contributed by atoms with Crippen molar-refractivity contribution in [2.45, 2.75) is 39.8 Å². The van der Waals surface area contributed by atoms with Crippen molar-refractivity contribution in [1.29, 1.82) is 0 Å². The van der Waals surface area contributed by atoms with Crippen molar-refractivity contribution < 1.29 is 9.84 Å². The van der Waals surface area contributed by atoms with Gasteiger partial charge in [-0.3, -0.25) is 0 Å². The fourth-order valence-corrected chi connectivity index (χ4v) is 4.61. The minimum Gasteiger partial charge on any atom is -0.496 e. The molecule has 0 radical (unpaired) electrons. The van der Waals surface area contributed by atoms with Gasteiger partial charge in [0.15, 0.2) is 5.82 Å². The first-order chi connectivity index (χ1) is 19.1. The lowest BCUT2D eigenvalue weighted by atomic mass is 10.1. The van der Waals surface area contributed by atoms with Gasteiger partial charge >= 0.3 is 0 Å². The zero-order chi connectivity index (χ0) is 27.6. The monoisotopic (exact) mass is 526 g/mol. The predicted molar refractivity (Wildman–Crippen MR) is 161 cm³/mol. The average molecular weight is 527 g/mol. The molecule has 3 aromatic carbocycles. The van der Waals surface area contributed by atoms with E-state index in [9.17, 15) is 0 Å². The van der Waals surface area contributed by atoms with Gasteiger partial charge in [-0.25, -0.2) is 4.98 Å². The molecule has 0 atom stereocenters. The highest BCUT2D eigenvalue weighted by atomic mass is 16.5. The van der Waals surface area contributed by atoms with E-state index in [1.165, 1.54) is 5.56 Å². The Morgan fingerprint density at radius 2 is 1.69 bits per heavy atom. The third-order valence-electron chi connectivity index (χ3n) is 6.39. The Morgan fingerprint density at radius 3 is 2.44 bits per heavy atom. The normalized spacial score (nSPS) is 10.8. The van der Waals surface area contributed by atoms with Crippen molar-refractivity contribution in [3.63, 3.8) is 0 Å². The number of rotatable bonds is 10.